The van der Waals surface area contributed by atoms with Crippen LogP contribution in [0, 0.1) is 0 Å². The van der Waals surface area contributed by atoms with Gasteiger partial charge in [-0.25, -0.2) is 9.97 Å². The molecule has 1 atom stereocenters. The van der Waals surface area contributed by atoms with Gasteiger partial charge in [-0.2, -0.15) is 0 Å². The average Bonchev–Trinajstić information content (AvgIpc) is 3.55. The Bertz CT molecular complexity index is 2090. The van der Waals surface area contributed by atoms with E-state index in [1.165, 1.54) is 11.7 Å². The van der Waals surface area contributed by atoms with Gasteiger partial charge in [0, 0.05) is 79.7 Å². The highest BCUT2D eigenvalue weighted by Gasteiger charge is 2.21. The number of nitrogens with zero attached hydrogens (tertiary/aromatic N) is 5. The molecule has 1 aliphatic heterocycles. The zero-order valence-electron chi connectivity index (χ0n) is 27.8. The van der Waals surface area contributed by atoms with E-state index in [4.69, 9.17) is 42.6 Å². The fraction of sp³-hybridized carbons (Fsp3) is 0.278. The number of aryl methyl sites for hydroxylation is 1. The Morgan fingerprint density at radius 3 is 1.90 bits per heavy atom. The van der Waals surface area contributed by atoms with Crippen molar-refractivity contribution in [3.8, 4) is 45.4 Å². The molecule has 4 heterocycles. The van der Waals surface area contributed by atoms with Crippen molar-refractivity contribution in [2.45, 2.75) is 38.5 Å². The third-order valence-corrected chi connectivity index (χ3v) is 9.24. The smallest absolute Gasteiger partial charge is 0.254 e. The summed E-state index contributed by atoms with van der Waals surface area (Å²) < 4.78 is 12.7. The molecule has 12 nitrogen and oxygen atoms in total. The summed E-state index contributed by atoms with van der Waals surface area (Å²) in [5, 5.41) is 10.4. The van der Waals surface area contributed by atoms with Crippen LogP contribution in [-0.4, -0.2) is 57.2 Å². The minimum Gasteiger partial charge on any atom is -0.480 e. The number of amides is 1. The third kappa shape index (κ3) is 7.63. The molecule has 5 aromatic rings. The molecule has 3 N–H and O–H groups in total. The summed E-state index contributed by atoms with van der Waals surface area (Å²) >= 11 is 14.1. The molecule has 258 valence electrons. The maximum absolute atomic E-state index is 12.3. The van der Waals surface area contributed by atoms with Crippen molar-refractivity contribution in [3.63, 3.8) is 0 Å². The van der Waals surface area contributed by atoms with Gasteiger partial charge in [-0.3, -0.25) is 19.6 Å². The van der Waals surface area contributed by atoms with Gasteiger partial charge in [-0.15, -0.1) is 0 Å². The number of carbonyl (C=O) groups is 1. The molecule has 0 radical (unpaired) electrons. The summed E-state index contributed by atoms with van der Waals surface area (Å²) in [5.74, 6) is 0.796. The van der Waals surface area contributed by atoms with Crippen molar-refractivity contribution < 1.29 is 14.3 Å². The van der Waals surface area contributed by atoms with E-state index in [1.807, 2.05) is 42.5 Å². The van der Waals surface area contributed by atoms with E-state index < -0.39 is 0 Å². The molecule has 0 saturated carbocycles. The second-order valence-corrected chi connectivity index (χ2v) is 12.5. The van der Waals surface area contributed by atoms with Crippen molar-refractivity contribution in [3.05, 3.63) is 104 Å². The van der Waals surface area contributed by atoms with Crippen LogP contribution in [0.3, 0.4) is 0 Å². The van der Waals surface area contributed by atoms with Crippen molar-refractivity contribution in [1.29, 1.82) is 0 Å². The summed E-state index contributed by atoms with van der Waals surface area (Å²) in [4.78, 5) is 42.5. The van der Waals surface area contributed by atoms with Gasteiger partial charge in [0.2, 0.25) is 17.7 Å². The van der Waals surface area contributed by atoms with Gasteiger partial charge in [-0.05, 0) is 12.5 Å². The lowest BCUT2D eigenvalue weighted by atomic mass is 9.98. The van der Waals surface area contributed by atoms with E-state index in [-0.39, 0.29) is 17.5 Å². The molecule has 0 unspecified atom stereocenters. The minimum absolute atomic E-state index is 0.0593. The molecule has 2 aromatic carbocycles. The zero-order valence-corrected chi connectivity index (χ0v) is 29.3. The Labute approximate surface area is 299 Å². The highest BCUT2D eigenvalue weighted by atomic mass is 35.5. The predicted molar refractivity (Wildman–Crippen MR) is 192 cm³/mol. The highest BCUT2D eigenvalue weighted by Crippen LogP contribution is 2.42. The number of carbonyl (C=O) groups excluding carboxylic acids is 1. The standard InChI is InChI=1S/C36H36Cl2N8O4/c1-46-14-6-7-21(36(46)48)15-39-17-29-34(49-2)44-27(19-41-29)25-10-4-8-23(32(25)37)24-9-5-11-26(33(24)38)28-20-42-30(35(45-28)50-3)18-40-16-22-12-13-31(47)43-22/h4-11,14,19-20,22,39-40H,12-13,15-18H2,1-3H3,(H,43,47)/t22-/m0/s1. The Morgan fingerprint density at radius 1 is 0.800 bits per heavy atom. The van der Waals surface area contributed by atoms with Crippen LogP contribution < -0.4 is 31.0 Å². The zero-order chi connectivity index (χ0) is 35.2. The second kappa shape index (κ2) is 15.8. The number of rotatable bonds is 13. The van der Waals surface area contributed by atoms with Crippen molar-refractivity contribution in [1.82, 2.24) is 40.5 Å². The molecule has 1 aliphatic rings. The van der Waals surface area contributed by atoms with E-state index in [9.17, 15) is 9.59 Å². The average molecular weight is 716 g/mol. The number of halogens is 2. The van der Waals surface area contributed by atoms with Crippen LogP contribution in [0.5, 0.6) is 11.8 Å². The third-order valence-electron chi connectivity index (χ3n) is 8.43. The predicted octanol–water partition coefficient (Wildman–Crippen LogP) is 4.95. The van der Waals surface area contributed by atoms with Crippen LogP contribution >= 0.6 is 23.2 Å². The van der Waals surface area contributed by atoms with Gasteiger partial charge in [0.15, 0.2) is 0 Å². The Morgan fingerprint density at radius 2 is 1.36 bits per heavy atom. The molecule has 0 spiro atoms. The Kier molecular flexibility index (Phi) is 11.0. The van der Waals surface area contributed by atoms with Crippen LogP contribution in [0.1, 0.15) is 29.8 Å². The number of nitrogens with one attached hydrogen (secondary N) is 3. The first kappa shape index (κ1) is 35.0. The molecule has 0 aliphatic carbocycles. The summed E-state index contributed by atoms with van der Waals surface area (Å²) in [5.41, 5.74) is 5.61. The molecular weight excluding hydrogens is 679 g/mol. The quantitative estimate of drug-likeness (QED) is 0.153. The lowest BCUT2D eigenvalue weighted by Crippen LogP contribution is -2.35. The number of hydrogen-bond donors (Lipinski definition) is 3. The van der Waals surface area contributed by atoms with Gasteiger partial charge < -0.3 is 30.0 Å². The number of ether oxygens (including phenoxy) is 2. The molecule has 1 amide bonds. The Hall–Kier alpha value is -4.88. The van der Waals surface area contributed by atoms with Gasteiger partial charge in [0.1, 0.15) is 11.4 Å². The molecule has 6 rings (SSSR count). The first-order chi connectivity index (χ1) is 24.3. The summed E-state index contributed by atoms with van der Waals surface area (Å²) in [6.07, 6.45) is 6.39. The SMILES string of the molecule is COc1nc(-c2cccc(-c3cccc(-c4cnc(CNC[C@@H]5CCC(=O)N5)c(OC)n4)c3Cl)c2Cl)cnc1CNCc1cccn(C)c1=O. The van der Waals surface area contributed by atoms with E-state index >= 15 is 0 Å². The van der Waals surface area contributed by atoms with Crippen LogP contribution in [-0.2, 0) is 31.5 Å². The topological polar surface area (TPSA) is 145 Å². The first-order valence-corrected chi connectivity index (χ1v) is 16.8. The van der Waals surface area contributed by atoms with Crippen molar-refractivity contribution in [2.24, 2.45) is 7.05 Å². The number of pyridine rings is 1. The number of aromatic nitrogens is 5. The van der Waals surface area contributed by atoms with Gasteiger partial charge in [0.25, 0.3) is 5.56 Å². The summed E-state index contributed by atoms with van der Waals surface area (Å²) in [6, 6.07) is 15.0. The van der Waals surface area contributed by atoms with Crippen molar-refractivity contribution >= 4 is 29.1 Å². The highest BCUT2D eigenvalue weighted by molar-refractivity contribution is 6.39. The molecule has 0 bridgehead atoms. The lowest BCUT2D eigenvalue weighted by molar-refractivity contribution is -0.119. The molecule has 50 heavy (non-hydrogen) atoms. The minimum atomic E-state index is -0.0593. The van der Waals surface area contributed by atoms with Gasteiger partial charge >= 0.3 is 0 Å². The number of hydrogen-bond acceptors (Lipinski definition) is 10. The maximum Gasteiger partial charge on any atom is 0.254 e. The normalized spacial score (nSPS) is 14.1. The van der Waals surface area contributed by atoms with Gasteiger partial charge in [-0.1, -0.05) is 65.7 Å². The van der Waals surface area contributed by atoms with Gasteiger partial charge in [0.05, 0.1) is 48.0 Å². The second-order valence-electron chi connectivity index (χ2n) is 11.7. The number of methoxy groups -OCH3 is 2. The van der Waals surface area contributed by atoms with E-state index in [1.54, 1.807) is 38.8 Å². The largest absolute Gasteiger partial charge is 0.480 e. The molecular formula is C36H36Cl2N8O4. The Balaban J connectivity index is 1.21. The van der Waals surface area contributed by atoms with Crippen LogP contribution in [0.4, 0.5) is 0 Å². The fourth-order valence-corrected chi connectivity index (χ4v) is 6.45. The van der Waals surface area contributed by atoms with Crippen LogP contribution in [0.25, 0.3) is 33.6 Å². The fourth-order valence-electron chi connectivity index (χ4n) is 5.80. The van der Waals surface area contributed by atoms with Crippen molar-refractivity contribution in [2.75, 3.05) is 20.8 Å². The monoisotopic (exact) mass is 714 g/mol. The molecule has 1 fully saturated rings. The first-order valence-electron chi connectivity index (χ1n) is 16.0. The van der Waals surface area contributed by atoms with Crippen LogP contribution in [0.15, 0.2) is 71.9 Å². The summed E-state index contributed by atoms with van der Waals surface area (Å²) in [7, 11) is 4.80. The molecule has 14 heteroatoms. The molecule has 1 saturated heterocycles. The van der Waals surface area contributed by atoms with Crippen LogP contribution in [0.2, 0.25) is 10.0 Å². The number of benzene rings is 2. The van der Waals surface area contributed by atoms with E-state index in [0.29, 0.717) is 105 Å². The molecule has 3 aromatic heterocycles. The van der Waals surface area contributed by atoms with E-state index in [2.05, 4.69) is 25.9 Å². The lowest BCUT2D eigenvalue weighted by Gasteiger charge is -2.15. The maximum atomic E-state index is 12.3. The summed E-state index contributed by atoms with van der Waals surface area (Å²) in [6.45, 7) is 1.77. The van der Waals surface area contributed by atoms with E-state index in [0.717, 1.165) is 6.42 Å².